The number of rotatable bonds is 5. The summed E-state index contributed by atoms with van der Waals surface area (Å²) in [6.45, 7) is 0. The Morgan fingerprint density at radius 1 is 0.236 bits per heavy atom. The lowest BCUT2D eigenvalue weighted by atomic mass is 9.84. The quantitative estimate of drug-likeness (QED) is 0.156. The summed E-state index contributed by atoms with van der Waals surface area (Å²) in [5.74, 6) is 0. The molecular formula is C54H34S. The smallest absolute Gasteiger partial charge is 0.0361 e. The fourth-order valence-corrected chi connectivity index (χ4v) is 9.86. The molecule has 1 heteroatoms. The fraction of sp³-hybridized carbons (Fsp3) is 0. The van der Waals surface area contributed by atoms with Crippen molar-refractivity contribution in [3.8, 4) is 55.6 Å². The van der Waals surface area contributed by atoms with Crippen LogP contribution in [0.15, 0.2) is 206 Å². The van der Waals surface area contributed by atoms with Gasteiger partial charge in [-0.05, 0) is 124 Å². The summed E-state index contributed by atoms with van der Waals surface area (Å²) < 4.78 is 2.65. The summed E-state index contributed by atoms with van der Waals surface area (Å²) in [5, 5.41) is 10.3. The van der Waals surface area contributed by atoms with Gasteiger partial charge in [0.15, 0.2) is 0 Å². The van der Waals surface area contributed by atoms with Crippen molar-refractivity contribution in [3.63, 3.8) is 0 Å². The zero-order chi connectivity index (χ0) is 36.3. The van der Waals surface area contributed by atoms with Gasteiger partial charge < -0.3 is 0 Å². The second-order valence-electron chi connectivity index (χ2n) is 14.4. The first kappa shape index (κ1) is 31.7. The maximum atomic E-state index is 2.43. The minimum Gasteiger partial charge on any atom is -0.135 e. The molecule has 0 atom stereocenters. The Labute approximate surface area is 324 Å². The van der Waals surface area contributed by atoms with Crippen LogP contribution in [-0.2, 0) is 0 Å². The highest BCUT2D eigenvalue weighted by molar-refractivity contribution is 7.26. The van der Waals surface area contributed by atoms with Crippen molar-refractivity contribution in [1.82, 2.24) is 0 Å². The van der Waals surface area contributed by atoms with Crippen molar-refractivity contribution in [2.75, 3.05) is 0 Å². The first-order valence-corrected chi connectivity index (χ1v) is 19.7. The van der Waals surface area contributed by atoms with E-state index in [1.807, 2.05) is 11.3 Å². The van der Waals surface area contributed by atoms with Gasteiger partial charge in [-0.2, -0.15) is 0 Å². The summed E-state index contributed by atoms with van der Waals surface area (Å²) in [6.07, 6.45) is 0. The van der Waals surface area contributed by atoms with Gasteiger partial charge in [-0.3, -0.25) is 0 Å². The Bertz CT molecular complexity index is 3190. The van der Waals surface area contributed by atoms with Crippen LogP contribution in [0.2, 0.25) is 0 Å². The van der Waals surface area contributed by atoms with Gasteiger partial charge in [-0.15, -0.1) is 11.3 Å². The fourth-order valence-electron chi connectivity index (χ4n) is 8.70. The van der Waals surface area contributed by atoms with Crippen LogP contribution >= 0.6 is 11.3 Å². The lowest BCUT2D eigenvalue weighted by Gasteiger charge is -2.19. The molecule has 0 N–H and O–H groups in total. The van der Waals surface area contributed by atoms with Gasteiger partial charge in [0.2, 0.25) is 0 Å². The molecule has 0 unspecified atom stereocenters. The van der Waals surface area contributed by atoms with E-state index >= 15 is 0 Å². The van der Waals surface area contributed by atoms with Gasteiger partial charge in [-0.25, -0.2) is 0 Å². The van der Waals surface area contributed by atoms with Crippen molar-refractivity contribution in [2.45, 2.75) is 0 Å². The lowest BCUT2D eigenvalue weighted by molar-refractivity contribution is 1.57. The average molecular weight is 715 g/mol. The van der Waals surface area contributed by atoms with Crippen molar-refractivity contribution in [2.24, 2.45) is 0 Å². The number of thiophene rings is 1. The maximum absolute atomic E-state index is 2.43. The number of fused-ring (bicyclic) bond motifs is 7. The Morgan fingerprint density at radius 2 is 0.709 bits per heavy atom. The summed E-state index contributed by atoms with van der Waals surface area (Å²) in [5.41, 5.74) is 12.3. The number of hydrogen-bond acceptors (Lipinski definition) is 1. The average Bonchev–Trinajstić information content (AvgIpc) is 3.64. The molecule has 0 spiro atoms. The third kappa shape index (κ3) is 5.35. The molecule has 0 aliphatic rings. The Kier molecular flexibility index (Phi) is 7.46. The standard InChI is InChI=1S/C54H34S/c1-3-14-35(15-4-1)38-19-13-20-39(30-38)42-31-41(36-16-5-2-6-17-36)32-43(33-42)53-47-24-11-9-22-45(47)52(46-23-10-12-25-48(46)53)40-26-28-49-51(34-40)55-50-29-27-37-18-7-8-21-44(37)54(49)50/h1-34H. The van der Waals surface area contributed by atoms with E-state index in [1.165, 1.54) is 108 Å². The van der Waals surface area contributed by atoms with E-state index in [0.29, 0.717) is 0 Å². The maximum Gasteiger partial charge on any atom is 0.0361 e. The first-order chi connectivity index (χ1) is 27.3. The van der Waals surface area contributed by atoms with Crippen molar-refractivity contribution < 1.29 is 0 Å². The largest absolute Gasteiger partial charge is 0.135 e. The molecule has 11 aromatic rings. The molecule has 0 fully saturated rings. The van der Waals surface area contributed by atoms with Crippen LogP contribution in [0.25, 0.3) is 108 Å². The molecule has 0 aliphatic heterocycles. The topological polar surface area (TPSA) is 0 Å². The van der Waals surface area contributed by atoms with E-state index in [0.717, 1.165) is 0 Å². The van der Waals surface area contributed by atoms with E-state index in [2.05, 4.69) is 206 Å². The van der Waals surface area contributed by atoms with Crippen molar-refractivity contribution in [1.29, 1.82) is 0 Å². The predicted octanol–water partition coefficient (Wildman–Crippen LogP) is 15.8. The van der Waals surface area contributed by atoms with Crippen LogP contribution in [0.1, 0.15) is 0 Å². The normalized spacial score (nSPS) is 11.6. The molecule has 0 saturated heterocycles. The molecular weight excluding hydrogens is 681 g/mol. The van der Waals surface area contributed by atoms with Crippen LogP contribution in [0.5, 0.6) is 0 Å². The zero-order valence-electron chi connectivity index (χ0n) is 30.0. The van der Waals surface area contributed by atoms with Gasteiger partial charge in [0, 0.05) is 20.2 Å². The Balaban J connectivity index is 1.16. The minimum atomic E-state index is 1.20. The highest BCUT2D eigenvalue weighted by Crippen LogP contribution is 2.47. The molecule has 0 amide bonds. The third-order valence-corrected chi connectivity index (χ3v) is 12.3. The molecule has 256 valence electrons. The van der Waals surface area contributed by atoms with Gasteiger partial charge in [0.1, 0.15) is 0 Å². The molecule has 0 saturated carbocycles. The molecule has 0 bridgehead atoms. The van der Waals surface area contributed by atoms with Crippen LogP contribution < -0.4 is 0 Å². The molecule has 0 nitrogen and oxygen atoms in total. The van der Waals surface area contributed by atoms with Crippen LogP contribution in [0, 0.1) is 0 Å². The van der Waals surface area contributed by atoms with Crippen LogP contribution in [0.3, 0.4) is 0 Å². The summed E-state index contributed by atoms with van der Waals surface area (Å²) in [4.78, 5) is 0. The molecule has 10 aromatic carbocycles. The van der Waals surface area contributed by atoms with Crippen LogP contribution in [-0.4, -0.2) is 0 Å². The molecule has 55 heavy (non-hydrogen) atoms. The third-order valence-electron chi connectivity index (χ3n) is 11.2. The summed E-state index contributed by atoms with van der Waals surface area (Å²) >= 11 is 1.89. The second kappa shape index (κ2) is 13.0. The van der Waals surface area contributed by atoms with Gasteiger partial charge in [-0.1, -0.05) is 170 Å². The summed E-state index contributed by atoms with van der Waals surface area (Å²) in [7, 11) is 0. The molecule has 0 aliphatic carbocycles. The highest BCUT2D eigenvalue weighted by Gasteiger charge is 2.19. The number of hydrogen-bond donors (Lipinski definition) is 0. The first-order valence-electron chi connectivity index (χ1n) is 18.9. The minimum absolute atomic E-state index is 1.20. The van der Waals surface area contributed by atoms with Gasteiger partial charge >= 0.3 is 0 Å². The van der Waals surface area contributed by atoms with E-state index in [4.69, 9.17) is 0 Å². The van der Waals surface area contributed by atoms with E-state index < -0.39 is 0 Å². The molecule has 11 rings (SSSR count). The monoisotopic (exact) mass is 714 g/mol. The van der Waals surface area contributed by atoms with Crippen molar-refractivity contribution in [3.05, 3.63) is 206 Å². The lowest BCUT2D eigenvalue weighted by Crippen LogP contribution is -1.92. The molecule has 1 heterocycles. The molecule has 0 radical (unpaired) electrons. The SMILES string of the molecule is c1ccc(-c2cccc(-c3cc(-c4ccccc4)cc(-c4c5ccccc5c(-c5ccc6c(c5)sc5ccc7ccccc7c56)c5ccccc45)c3)c2)cc1. The highest BCUT2D eigenvalue weighted by atomic mass is 32.1. The van der Waals surface area contributed by atoms with E-state index in [1.54, 1.807) is 0 Å². The molecule has 1 aromatic heterocycles. The van der Waals surface area contributed by atoms with Crippen LogP contribution in [0.4, 0.5) is 0 Å². The van der Waals surface area contributed by atoms with Crippen molar-refractivity contribution >= 4 is 63.8 Å². The Morgan fingerprint density at radius 3 is 1.36 bits per heavy atom. The Hall–Kier alpha value is -6.80. The number of benzene rings is 10. The van der Waals surface area contributed by atoms with E-state index in [9.17, 15) is 0 Å². The zero-order valence-corrected chi connectivity index (χ0v) is 30.9. The summed E-state index contributed by atoms with van der Waals surface area (Å²) in [6, 6.07) is 76.0. The van der Waals surface area contributed by atoms with Gasteiger partial charge in [0.25, 0.3) is 0 Å². The van der Waals surface area contributed by atoms with E-state index in [-0.39, 0.29) is 0 Å². The second-order valence-corrected chi connectivity index (χ2v) is 15.5. The predicted molar refractivity (Wildman–Crippen MR) is 239 cm³/mol. The van der Waals surface area contributed by atoms with Gasteiger partial charge in [0.05, 0.1) is 0 Å².